The summed E-state index contributed by atoms with van der Waals surface area (Å²) in [6, 6.07) is 0. The fourth-order valence-corrected chi connectivity index (χ4v) is 3.37. The molecule has 0 radical (unpaired) electrons. The first-order valence-electron chi connectivity index (χ1n) is 5.07. The molecule has 0 N–H and O–H groups in total. The van der Waals surface area contributed by atoms with E-state index in [1.54, 1.807) is 0 Å². The largest absolute Gasteiger partial charge is 0.447 e. The van der Waals surface area contributed by atoms with Gasteiger partial charge in [0.05, 0.1) is 6.54 Å². The van der Waals surface area contributed by atoms with Crippen LogP contribution in [0.25, 0.3) is 0 Å². The quantitative estimate of drug-likeness (QED) is 0.683. The molecule has 0 spiro atoms. The molecule has 2 saturated heterocycles. The predicted octanol–water partition coefficient (Wildman–Crippen LogP) is 0.169. The van der Waals surface area contributed by atoms with Gasteiger partial charge in [0, 0.05) is 13.1 Å². The number of hydrogen-bond donors (Lipinski definition) is 0. The molecule has 0 aliphatic carbocycles. The van der Waals surface area contributed by atoms with Crippen LogP contribution in [0.2, 0.25) is 0 Å². The summed E-state index contributed by atoms with van der Waals surface area (Å²) in [6.07, 6.45) is 2.03. The number of carbonyl (C=O) groups excluding carboxylic acids is 1. The van der Waals surface area contributed by atoms with Crippen LogP contribution < -0.4 is 0 Å². The minimum Gasteiger partial charge on any atom is -0.447 e. The normalized spacial score (nSPS) is 24.3. The summed E-state index contributed by atoms with van der Waals surface area (Å²) in [4.78, 5) is 11.2. The predicted molar refractivity (Wildman–Crippen MR) is 52.4 cm³/mol. The first kappa shape index (κ1) is 10.7. The Balaban J connectivity index is 2.14. The highest BCUT2D eigenvalue weighted by Crippen LogP contribution is 2.19. The molecule has 0 aromatic rings. The molecule has 2 fully saturated rings. The maximum Gasteiger partial charge on any atom is 0.424 e. The highest BCUT2D eigenvalue weighted by molar-refractivity contribution is 7.87. The second-order valence-electron chi connectivity index (χ2n) is 3.65. The topological polar surface area (TPSA) is 66.9 Å². The number of rotatable bonds is 2. The van der Waals surface area contributed by atoms with Gasteiger partial charge >= 0.3 is 16.3 Å². The Morgan fingerprint density at radius 1 is 1.07 bits per heavy atom. The Bertz CT molecular complexity index is 348. The number of piperidine rings is 1. The van der Waals surface area contributed by atoms with Gasteiger partial charge in [-0.05, 0) is 12.8 Å². The molecule has 7 heteroatoms. The molecule has 0 aromatic carbocycles. The monoisotopic (exact) mass is 234 g/mol. The second-order valence-corrected chi connectivity index (χ2v) is 5.51. The molecule has 1 amide bonds. The van der Waals surface area contributed by atoms with Crippen LogP contribution in [0.4, 0.5) is 4.79 Å². The molecule has 15 heavy (non-hydrogen) atoms. The van der Waals surface area contributed by atoms with Crippen LogP contribution in [-0.4, -0.2) is 49.4 Å². The van der Waals surface area contributed by atoms with E-state index in [1.165, 1.54) is 4.31 Å². The van der Waals surface area contributed by atoms with E-state index in [4.69, 9.17) is 0 Å². The molecule has 0 unspecified atom stereocenters. The smallest absolute Gasteiger partial charge is 0.424 e. The summed E-state index contributed by atoms with van der Waals surface area (Å²) in [5, 5.41) is 0. The van der Waals surface area contributed by atoms with Crippen LogP contribution in [0.3, 0.4) is 0 Å². The third-order valence-electron chi connectivity index (χ3n) is 2.64. The van der Waals surface area contributed by atoms with E-state index in [0.29, 0.717) is 13.1 Å². The molecular formula is C8H14N2O4S. The number of nitrogens with zero attached hydrogens (tertiary/aromatic N) is 2. The zero-order chi connectivity index (χ0) is 10.9. The molecule has 2 aliphatic heterocycles. The van der Waals surface area contributed by atoms with Gasteiger partial charge in [0.25, 0.3) is 0 Å². The van der Waals surface area contributed by atoms with E-state index in [2.05, 4.69) is 4.74 Å². The number of cyclic esters (lactones) is 1. The lowest BCUT2D eigenvalue weighted by Gasteiger charge is -2.28. The Kier molecular flexibility index (Phi) is 2.83. The van der Waals surface area contributed by atoms with Crippen molar-refractivity contribution in [2.45, 2.75) is 19.3 Å². The Hall–Kier alpha value is -0.820. The zero-order valence-corrected chi connectivity index (χ0v) is 9.20. The fraction of sp³-hybridized carbons (Fsp3) is 0.875. The number of amides is 1. The third kappa shape index (κ3) is 1.93. The highest BCUT2D eigenvalue weighted by atomic mass is 32.2. The van der Waals surface area contributed by atoms with Gasteiger partial charge in [-0.25, -0.2) is 4.79 Å². The lowest BCUT2D eigenvalue weighted by molar-refractivity contribution is 0.168. The van der Waals surface area contributed by atoms with Crippen LogP contribution >= 0.6 is 0 Å². The van der Waals surface area contributed by atoms with Crippen LogP contribution in [0.15, 0.2) is 0 Å². The molecule has 86 valence electrons. The van der Waals surface area contributed by atoms with Crippen molar-refractivity contribution in [1.82, 2.24) is 8.61 Å². The van der Waals surface area contributed by atoms with Gasteiger partial charge in [-0.15, -0.1) is 0 Å². The van der Waals surface area contributed by atoms with E-state index in [9.17, 15) is 13.2 Å². The van der Waals surface area contributed by atoms with Gasteiger partial charge in [0.1, 0.15) is 6.61 Å². The van der Waals surface area contributed by atoms with Crippen LogP contribution in [-0.2, 0) is 14.9 Å². The average molecular weight is 234 g/mol. The van der Waals surface area contributed by atoms with Gasteiger partial charge in [-0.2, -0.15) is 17.0 Å². The molecule has 2 rings (SSSR count). The van der Waals surface area contributed by atoms with Crippen molar-refractivity contribution in [2.24, 2.45) is 0 Å². The minimum atomic E-state index is -3.62. The average Bonchev–Trinajstić information content (AvgIpc) is 2.66. The van der Waals surface area contributed by atoms with Crippen molar-refractivity contribution in [3.63, 3.8) is 0 Å². The van der Waals surface area contributed by atoms with Crippen molar-refractivity contribution in [3.8, 4) is 0 Å². The van der Waals surface area contributed by atoms with E-state index in [0.717, 1.165) is 23.6 Å². The number of ether oxygens (including phenoxy) is 1. The summed E-state index contributed by atoms with van der Waals surface area (Å²) >= 11 is 0. The number of carbonyl (C=O) groups is 1. The highest BCUT2D eigenvalue weighted by Gasteiger charge is 2.38. The Morgan fingerprint density at radius 2 is 1.73 bits per heavy atom. The van der Waals surface area contributed by atoms with Crippen LogP contribution in [0, 0.1) is 0 Å². The molecule has 0 bridgehead atoms. The van der Waals surface area contributed by atoms with Gasteiger partial charge in [0.2, 0.25) is 0 Å². The lowest BCUT2D eigenvalue weighted by Crippen LogP contribution is -2.46. The molecule has 6 nitrogen and oxygen atoms in total. The Morgan fingerprint density at radius 3 is 2.27 bits per heavy atom. The third-order valence-corrected chi connectivity index (χ3v) is 4.55. The standard InChI is InChI=1S/C8H14N2O4S/c11-8-10(6-7-14-8)15(12,13)9-4-2-1-3-5-9/h1-7H2. The molecule has 2 aliphatic rings. The van der Waals surface area contributed by atoms with Gasteiger partial charge in [0.15, 0.2) is 0 Å². The maximum atomic E-state index is 11.9. The summed E-state index contributed by atoms with van der Waals surface area (Å²) in [5.41, 5.74) is 0. The van der Waals surface area contributed by atoms with Gasteiger partial charge < -0.3 is 4.74 Å². The van der Waals surface area contributed by atoms with Crippen LogP contribution in [0.5, 0.6) is 0 Å². The van der Waals surface area contributed by atoms with Crippen molar-refractivity contribution in [3.05, 3.63) is 0 Å². The van der Waals surface area contributed by atoms with E-state index in [1.807, 2.05) is 0 Å². The van der Waals surface area contributed by atoms with Crippen molar-refractivity contribution >= 4 is 16.3 Å². The summed E-state index contributed by atoms with van der Waals surface area (Å²) in [5.74, 6) is 0. The minimum absolute atomic E-state index is 0.137. The van der Waals surface area contributed by atoms with Crippen molar-refractivity contribution < 1.29 is 17.9 Å². The summed E-state index contributed by atoms with van der Waals surface area (Å²) in [6.45, 7) is 1.31. The van der Waals surface area contributed by atoms with E-state index < -0.39 is 16.3 Å². The molecule has 0 atom stereocenters. The second kappa shape index (κ2) is 3.97. The fourth-order valence-electron chi connectivity index (χ4n) is 1.82. The zero-order valence-electron chi connectivity index (χ0n) is 8.39. The first-order chi connectivity index (χ1) is 7.12. The van der Waals surface area contributed by atoms with Gasteiger partial charge in [-0.3, -0.25) is 0 Å². The van der Waals surface area contributed by atoms with E-state index in [-0.39, 0.29) is 13.2 Å². The molecule has 0 aromatic heterocycles. The van der Waals surface area contributed by atoms with Gasteiger partial charge in [-0.1, -0.05) is 6.42 Å². The lowest BCUT2D eigenvalue weighted by atomic mass is 10.2. The number of hydrogen-bond acceptors (Lipinski definition) is 4. The maximum absolute atomic E-state index is 11.9. The molecule has 0 saturated carbocycles. The summed E-state index contributed by atoms with van der Waals surface area (Å²) in [7, 11) is -3.62. The van der Waals surface area contributed by atoms with Crippen molar-refractivity contribution in [2.75, 3.05) is 26.2 Å². The molecule has 2 heterocycles. The molecular weight excluding hydrogens is 220 g/mol. The SMILES string of the molecule is O=C1OCCN1S(=O)(=O)N1CCCCC1. The summed E-state index contributed by atoms with van der Waals surface area (Å²) < 4.78 is 30.7. The van der Waals surface area contributed by atoms with Crippen molar-refractivity contribution in [1.29, 1.82) is 0 Å². The first-order valence-corrected chi connectivity index (χ1v) is 6.46. The van der Waals surface area contributed by atoms with E-state index >= 15 is 0 Å². The van der Waals surface area contributed by atoms with Crippen LogP contribution in [0.1, 0.15) is 19.3 Å². The Labute approximate surface area is 89.0 Å².